The predicted octanol–water partition coefficient (Wildman–Crippen LogP) is 2.58. The van der Waals surface area contributed by atoms with Crippen LogP contribution in [0.2, 0.25) is 0 Å². The zero-order valence-corrected chi connectivity index (χ0v) is 17.3. The van der Waals surface area contributed by atoms with Crippen LogP contribution in [0.25, 0.3) is 4.96 Å². The third kappa shape index (κ3) is 2.89. The van der Waals surface area contributed by atoms with Gasteiger partial charge in [-0.1, -0.05) is 12.1 Å². The normalized spacial score (nSPS) is 15.9. The minimum Gasteiger partial charge on any atom is -0.497 e. The van der Waals surface area contributed by atoms with Crippen LogP contribution in [0, 0.1) is 6.92 Å². The van der Waals surface area contributed by atoms with Crippen LogP contribution >= 0.6 is 11.3 Å². The number of nitrogens with zero attached hydrogens (tertiary/aromatic N) is 4. The van der Waals surface area contributed by atoms with Crippen LogP contribution in [0.3, 0.4) is 0 Å². The number of imidazole rings is 1. The molecule has 4 aromatic rings. The summed E-state index contributed by atoms with van der Waals surface area (Å²) in [5, 5.41) is 0. The predicted molar refractivity (Wildman–Crippen MR) is 112 cm³/mol. The van der Waals surface area contributed by atoms with Crippen molar-refractivity contribution in [2.75, 3.05) is 13.7 Å². The molecule has 1 atom stereocenters. The van der Waals surface area contributed by atoms with Crippen molar-refractivity contribution in [2.45, 2.75) is 19.4 Å². The van der Waals surface area contributed by atoms with E-state index < -0.39 is 6.04 Å². The molecule has 0 spiro atoms. The fraction of sp³-hybridized carbons (Fsp3) is 0.238. The van der Waals surface area contributed by atoms with Gasteiger partial charge >= 0.3 is 0 Å². The van der Waals surface area contributed by atoms with E-state index in [0.29, 0.717) is 17.9 Å². The van der Waals surface area contributed by atoms with Crippen LogP contribution in [0.15, 0.2) is 47.8 Å². The van der Waals surface area contributed by atoms with Crippen LogP contribution in [-0.4, -0.2) is 43.8 Å². The minimum absolute atomic E-state index is 0.0581. The Kier molecular flexibility index (Phi) is 4.39. The number of aryl methyl sites for hydroxylation is 1. The number of methoxy groups -OCH3 is 1. The molecule has 5 rings (SSSR count). The molecule has 0 aliphatic carbocycles. The van der Waals surface area contributed by atoms with Gasteiger partial charge in [-0.2, -0.15) is 0 Å². The topological polar surface area (TPSA) is 92.6 Å². The summed E-state index contributed by atoms with van der Waals surface area (Å²) < 4.78 is 6.70. The molecule has 0 bridgehead atoms. The van der Waals surface area contributed by atoms with Gasteiger partial charge in [-0.3, -0.25) is 14.0 Å². The number of hydrogen-bond acceptors (Lipinski definition) is 6. The number of carbonyl (C=O) groups is 1. The van der Waals surface area contributed by atoms with Gasteiger partial charge in [0, 0.05) is 35.9 Å². The first-order chi connectivity index (χ1) is 14.6. The van der Waals surface area contributed by atoms with Crippen molar-refractivity contribution in [3.63, 3.8) is 0 Å². The smallest absolute Gasteiger partial charge is 0.271 e. The molecule has 9 heteroatoms. The van der Waals surface area contributed by atoms with Crippen molar-refractivity contribution in [2.24, 2.45) is 0 Å². The first-order valence-electron chi connectivity index (χ1n) is 9.51. The Morgan fingerprint density at radius 1 is 1.27 bits per heavy atom. The molecule has 1 aliphatic heterocycles. The van der Waals surface area contributed by atoms with Crippen LogP contribution < -0.4 is 10.3 Å². The highest BCUT2D eigenvalue weighted by Gasteiger charge is 2.35. The number of aromatic amines is 1. The lowest BCUT2D eigenvalue weighted by atomic mass is 9.95. The Labute approximate surface area is 175 Å². The number of H-pyrrole nitrogens is 1. The van der Waals surface area contributed by atoms with Gasteiger partial charge in [-0.15, -0.1) is 11.3 Å². The zero-order valence-electron chi connectivity index (χ0n) is 16.5. The molecule has 1 aliphatic rings. The molecule has 3 aromatic heterocycles. The van der Waals surface area contributed by atoms with Gasteiger partial charge in [0.15, 0.2) is 4.96 Å². The van der Waals surface area contributed by atoms with E-state index in [1.165, 1.54) is 21.9 Å². The molecule has 0 saturated heterocycles. The first-order valence-corrected chi connectivity index (χ1v) is 10.3. The van der Waals surface area contributed by atoms with E-state index in [4.69, 9.17) is 4.74 Å². The Morgan fingerprint density at radius 3 is 2.83 bits per heavy atom. The summed E-state index contributed by atoms with van der Waals surface area (Å²) in [5.74, 6) is 0.385. The molecule has 1 aromatic carbocycles. The average Bonchev–Trinajstić information content (AvgIpc) is 3.39. The standard InChI is InChI=1S/C21H19N5O3S/c1-12-10-26-20(28)15(9-22-21(26)30-12)19(27)25-8-7-16-17(24-11-23-16)18(25)13-3-5-14(29-2)6-4-13/h3-6,9-11,18H,7-8H2,1-2H3,(H,23,24). The van der Waals surface area contributed by atoms with Crippen molar-refractivity contribution in [1.29, 1.82) is 0 Å². The van der Waals surface area contributed by atoms with Crippen molar-refractivity contribution in [1.82, 2.24) is 24.3 Å². The van der Waals surface area contributed by atoms with E-state index in [9.17, 15) is 9.59 Å². The summed E-state index contributed by atoms with van der Waals surface area (Å²) in [7, 11) is 1.61. The van der Waals surface area contributed by atoms with Crippen LogP contribution in [0.1, 0.15) is 38.2 Å². The van der Waals surface area contributed by atoms with Gasteiger partial charge in [0.1, 0.15) is 17.4 Å². The van der Waals surface area contributed by atoms with Crippen LogP contribution in [0.4, 0.5) is 0 Å². The molecular weight excluding hydrogens is 402 g/mol. The summed E-state index contributed by atoms with van der Waals surface area (Å²) in [6.45, 7) is 2.37. The van der Waals surface area contributed by atoms with Crippen molar-refractivity contribution in [3.8, 4) is 5.75 Å². The summed E-state index contributed by atoms with van der Waals surface area (Å²) >= 11 is 1.42. The lowest BCUT2D eigenvalue weighted by molar-refractivity contribution is 0.0688. The summed E-state index contributed by atoms with van der Waals surface area (Å²) in [6, 6.07) is 7.15. The average molecular weight is 421 g/mol. The van der Waals surface area contributed by atoms with E-state index >= 15 is 0 Å². The van der Waals surface area contributed by atoms with E-state index in [1.807, 2.05) is 31.2 Å². The fourth-order valence-corrected chi connectivity index (χ4v) is 4.70. The van der Waals surface area contributed by atoms with Gasteiger partial charge in [0.25, 0.3) is 11.5 Å². The largest absolute Gasteiger partial charge is 0.497 e. The highest BCUT2D eigenvalue weighted by molar-refractivity contribution is 7.16. The molecule has 30 heavy (non-hydrogen) atoms. The molecule has 4 heterocycles. The van der Waals surface area contributed by atoms with E-state index in [0.717, 1.165) is 27.6 Å². The minimum atomic E-state index is -0.400. The number of amides is 1. The number of fused-ring (bicyclic) bond motifs is 2. The maximum Gasteiger partial charge on any atom is 0.271 e. The van der Waals surface area contributed by atoms with Gasteiger partial charge in [-0.25, -0.2) is 9.97 Å². The number of hydrogen-bond donors (Lipinski definition) is 1. The SMILES string of the molecule is COc1ccc(C2c3nc[nH]c3CCN2C(=O)c2cnc3sc(C)cn3c2=O)cc1. The number of benzene rings is 1. The third-order valence-electron chi connectivity index (χ3n) is 5.37. The van der Waals surface area contributed by atoms with Crippen LogP contribution in [-0.2, 0) is 6.42 Å². The Balaban J connectivity index is 1.60. The second kappa shape index (κ2) is 7.10. The second-order valence-corrected chi connectivity index (χ2v) is 8.38. The van der Waals surface area contributed by atoms with Crippen molar-refractivity contribution >= 4 is 22.2 Å². The molecular formula is C21H19N5O3S. The Morgan fingerprint density at radius 2 is 2.07 bits per heavy atom. The molecule has 1 unspecified atom stereocenters. The fourth-order valence-electron chi connectivity index (χ4n) is 3.92. The number of carbonyl (C=O) groups excluding carboxylic acids is 1. The Bertz CT molecular complexity index is 1300. The zero-order chi connectivity index (χ0) is 20.8. The highest BCUT2D eigenvalue weighted by Crippen LogP contribution is 2.34. The summed E-state index contributed by atoms with van der Waals surface area (Å²) in [4.78, 5) is 41.7. The second-order valence-electron chi connectivity index (χ2n) is 7.16. The first kappa shape index (κ1) is 18.6. The monoisotopic (exact) mass is 421 g/mol. The summed E-state index contributed by atoms with van der Waals surface area (Å²) in [6.07, 6.45) is 5.39. The number of ether oxygens (including phenoxy) is 1. The van der Waals surface area contributed by atoms with Crippen LogP contribution in [0.5, 0.6) is 5.75 Å². The maximum atomic E-state index is 13.5. The molecule has 0 fully saturated rings. The van der Waals surface area contributed by atoms with Gasteiger partial charge in [0.05, 0.1) is 19.1 Å². The van der Waals surface area contributed by atoms with E-state index in [1.54, 1.807) is 24.5 Å². The number of nitrogens with one attached hydrogen (secondary N) is 1. The molecule has 0 saturated carbocycles. The maximum absolute atomic E-state index is 13.5. The number of rotatable bonds is 3. The summed E-state index contributed by atoms with van der Waals surface area (Å²) in [5.41, 5.74) is 2.40. The quantitative estimate of drug-likeness (QED) is 0.549. The van der Waals surface area contributed by atoms with Gasteiger partial charge in [-0.05, 0) is 24.6 Å². The molecule has 152 valence electrons. The van der Waals surface area contributed by atoms with E-state index in [-0.39, 0.29) is 17.0 Å². The number of aromatic nitrogens is 4. The highest BCUT2D eigenvalue weighted by atomic mass is 32.1. The van der Waals surface area contributed by atoms with Gasteiger partial charge in [0.2, 0.25) is 0 Å². The third-order valence-corrected chi connectivity index (χ3v) is 6.28. The molecule has 1 amide bonds. The molecule has 1 N–H and O–H groups in total. The lowest BCUT2D eigenvalue weighted by Gasteiger charge is -2.35. The lowest BCUT2D eigenvalue weighted by Crippen LogP contribution is -2.43. The van der Waals surface area contributed by atoms with Gasteiger partial charge < -0.3 is 14.6 Å². The molecule has 0 radical (unpaired) electrons. The molecule has 8 nitrogen and oxygen atoms in total. The Hall–Kier alpha value is -3.46. The van der Waals surface area contributed by atoms with E-state index in [2.05, 4.69) is 15.0 Å². The van der Waals surface area contributed by atoms with Crippen molar-refractivity contribution < 1.29 is 9.53 Å². The number of thiazole rings is 1. The van der Waals surface area contributed by atoms with Crippen molar-refractivity contribution in [3.05, 3.63) is 80.7 Å².